The second-order valence-corrected chi connectivity index (χ2v) is 17.0. The Kier molecular flexibility index (Phi) is 35.9. The number of amides is 3. The number of rotatable bonds is 38. The largest absolute Gasteiger partial charge is 0.444 e. The number of nitrogens with two attached hydrogens (primary N) is 1. The van der Waals surface area contributed by atoms with Crippen LogP contribution < -0.4 is 21.7 Å². The summed E-state index contributed by atoms with van der Waals surface area (Å²) in [7, 11) is 0. The van der Waals surface area contributed by atoms with E-state index in [0.717, 1.165) is 25.7 Å². The van der Waals surface area contributed by atoms with E-state index in [2.05, 4.69) is 41.9 Å². The monoisotopic (exact) mass is 791 g/mol. The van der Waals surface area contributed by atoms with E-state index in [9.17, 15) is 14.4 Å². The molecule has 56 heavy (non-hydrogen) atoms. The highest BCUT2D eigenvalue weighted by molar-refractivity contribution is 5.89. The van der Waals surface area contributed by atoms with E-state index >= 15 is 0 Å². The third-order valence-corrected chi connectivity index (χ3v) is 10.2. The van der Waals surface area contributed by atoms with Crippen molar-refractivity contribution in [3.63, 3.8) is 0 Å². The minimum absolute atomic E-state index is 0.0985. The van der Waals surface area contributed by atoms with Gasteiger partial charge in [0.05, 0.1) is 6.54 Å². The van der Waals surface area contributed by atoms with Crippen molar-refractivity contribution in [3.05, 3.63) is 12.2 Å². The number of allylic oxidation sites excluding steroid dienone is 2. The maximum Gasteiger partial charge on any atom is 0.408 e. The minimum Gasteiger partial charge on any atom is -0.444 e. The van der Waals surface area contributed by atoms with Crippen LogP contribution in [0.1, 0.15) is 221 Å². The molecule has 0 aliphatic carbocycles. The summed E-state index contributed by atoms with van der Waals surface area (Å²) >= 11 is 0. The Morgan fingerprint density at radius 2 is 1.02 bits per heavy atom. The molecule has 1 unspecified atom stereocenters. The van der Waals surface area contributed by atoms with Crippen LogP contribution in [0.2, 0.25) is 0 Å². The number of carbonyl (C=O) groups excluding carboxylic acids is 3. The predicted octanol–water partition coefficient (Wildman–Crippen LogP) is 11.2. The molecule has 0 fully saturated rings. The summed E-state index contributed by atoms with van der Waals surface area (Å²) in [6.07, 6.45) is 39.7. The van der Waals surface area contributed by atoms with Crippen molar-refractivity contribution in [1.29, 1.82) is 5.41 Å². The van der Waals surface area contributed by atoms with E-state index in [1.807, 2.05) is 4.90 Å². The van der Waals surface area contributed by atoms with Crippen LogP contribution in [0.4, 0.5) is 4.79 Å². The first-order valence-corrected chi connectivity index (χ1v) is 23.3. The van der Waals surface area contributed by atoms with Gasteiger partial charge in [-0.2, -0.15) is 0 Å². The highest BCUT2D eigenvalue weighted by Crippen LogP contribution is 2.15. The van der Waals surface area contributed by atoms with Crippen LogP contribution in [-0.2, 0) is 14.3 Å². The smallest absolute Gasteiger partial charge is 0.408 e. The molecule has 10 nitrogen and oxygen atoms in total. The van der Waals surface area contributed by atoms with Crippen LogP contribution in [0.15, 0.2) is 12.2 Å². The number of hydrogen-bond acceptors (Lipinski definition) is 5. The molecule has 0 bridgehead atoms. The highest BCUT2D eigenvalue weighted by Gasteiger charge is 2.25. The molecular weight excluding hydrogens is 701 g/mol. The van der Waals surface area contributed by atoms with Crippen LogP contribution >= 0.6 is 0 Å². The average Bonchev–Trinajstić information content (AvgIpc) is 3.14. The highest BCUT2D eigenvalue weighted by atomic mass is 16.6. The fourth-order valence-electron chi connectivity index (χ4n) is 6.88. The normalized spacial score (nSPS) is 12.1. The van der Waals surface area contributed by atoms with Crippen LogP contribution in [-0.4, -0.2) is 66.6 Å². The lowest BCUT2D eigenvalue weighted by Gasteiger charge is -2.25. The van der Waals surface area contributed by atoms with Gasteiger partial charge < -0.3 is 31.3 Å². The average molecular weight is 791 g/mol. The third kappa shape index (κ3) is 36.8. The lowest BCUT2D eigenvalue weighted by molar-refractivity contribution is -0.133. The van der Waals surface area contributed by atoms with Gasteiger partial charge in [-0.3, -0.25) is 15.0 Å². The van der Waals surface area contributed by atoms with Crippen LogP contribution in [0.3, 0.4) is 0 Å². The van der Waals surface area contributed by atoms with Crippen molar-refractivity contribution >= 4 is 23.9 Å². The number of nitrogens with zero attached hydrogens (tertiary/aromatic N) is 1. The second-order valence-electron chi connectivity index (χ2n) is 17.0. The number of guanidine groups is 1. The van der Waals surface area contributed by atoms with Crippen molar-refractivity contribution in [3.8, 4) is 0 Å². The Morgan fingerprint density at radius 3 is 1.41 bits per heavy atom. The van der Waals surface area contributed by atoms with Gasteiger partial charge in [0.25, 0.3) is 0 Å². The molecule has 1 atom stereocenters. The fourth-order valence-corrected chi connectivity index (χ4v) is 6.88. The van der Waals surface area contributed by atoms with Crippen LogP contribution in [0.25, 0.3) is 0 Å². The molecule has 0 heterocycles. The molecule has 328 valence electrons. The van der Waals surface area contributed by atoms with Gasteiger partial charge in [0.1, 0.15) is 11.6 Å². The van der Waals surface area contributed by atoms with Gasteiger partial charge in [0.15, 0.2) is 5.96 Å². The Bertz CT molecular complexity index is 999. The quantitative estimate of drug-likeness (QED) is 0.0182. The maximum atomic E-state index is 13.5. The Balaban J connectivity index is 4.77. The SMILES string of the molecule is CCCCCCCC/C=C\CCCCCCCCN(CCCCCCCCCCCCCCCC)C(=O)CNC(=O)C(CCNC(=N)N)NC(=O)OC(C)(C)C. The summed E-state index contributed by atoms with van der Waals surface area (Å²) in [6, 6.07) is -0.945. The molecule has 0 saturated carbocycles. The van der Waals surface area contributed by atoms with Gasteiger partial charge in [0, 0.05) is 19.6 Å². The van der Waals surface area contributed by atoms with Crippen LogP contribution in [0, 0.1) is 5.41 Å². The van der Waals surface area contributed by atoms with Gasteiger partial charge in [-0.1, -0.05) is 167 Å². The van der Waals surface area contributed by atoms with Gasteiger partial charge in [-0.25, -0.2) is 4.79 Å². The standard InChI is InChI=1S/C46H90N6O4/c1-6-8-10-12-14-16-18-20-22-23-25-27-29-31-33-35-39-52(38-34-32-30-28-26-24-21-19-17-15-13-11-9-7-2)42(53)40-50-43(54)41(36-37-49-44(47)48)51-45(55)56-46(3,4)5/h20,22,41H,6-19,21,23-40H2,1-5H3,(H,50,54)(H,51,55)(H4,47,48,49)/b22-20-. The molecule has 0 aromatic heterocycles. The summed E-state index contributed by atoms with van der Waals surface area (Å²) in [5.74, 6) is -0.788. The predicted molar refractivity (Wildman–Crippen MR) is 237 cm³/mol. The van der Waals surface area contributed by atoms with Crippen molar-refractivity contribution in [2.75, 3.05) is 26.2 Å². The van der Waals surface area contributed by atoms with Crippen molar-refractivity contribution in [2.24, 2.45) is 5.73 Å². The molecule has 10 heteroatoms. The van der Waals surface area contributed by atoms with Gasteiger partial charge in [-0.05, 0) is 65.7 Å². The first-order chi connectivity index (χ1) is 27.0. The second kappa shape index (κ2) is 37.8. The van der Waals surface area contributed by atoms with Crippen LogP contribution in [0.5, 0.6) is 0 Å². The Morgan fingerprint density at radius 1 is 0.625 bits per heavy atom. The molecule has 0 saturated heterocycles. The first-order valence-electron chi connectivity index (χ1n) is 23.3. The van der Waals surface area contributed by atoms with Crippen molar-refractivity contribution in [1.82, 2.24) is 20.9 Å². The zero-order chi connectivity index (χ0) is 41.5. The van der Waals surface area contributed by atoms with E-state index in [4.69, 9.17) is 15.9 Å². The summed E-state index contributed by atoms with van der Waals surface area (Å²) in [5.41, 5.74) is 4.68. The minimum atomic E-state index is -0.945. The molecule has 3 amide bonds. The summed E-state index contributed by atoms with van der Waals surface area (Å²) in [4.78, 5) is 41.1. The zero-order valence-corrected chi connectivity index (χ0v) is 37.2. The number of carbonyl (C=O) groups is 3. The van der Waals surface area contributed by atoms with Gasteiger partial charge in [-0.15, -0.1) is 0 Å². The molecule has 0 aromatic carbocycles. The molecule has 0 aliphatic rings. The summed E-state index contributed by atoms with van der Waals surface area (Å²) < 4.78 is 5.35. The number of unbranched alkanes of at least 4 members (excludes halogenated alkanes) is 25. The first kappa shape index (κ1) is 53.2. The van der Waals surface area contributed by atoms with E-state index in [1.165, 1.54) is 154 Å². The van der Waals surface area contributed by atoms with E-state index < -0.39 is 23.6 Å². The maximum absolute atomic E-state index is 13.5. The Labute approximate surface area is 345 Å². The molecular formula is C46H90N6O4. The summed E-state index contributed by atoms with van der Waals surface area (Å²) in [5, 5.41) is 15.5. The molecule has 0 rings (SSSR count). The number of hydrogen-bond donors (Lipinski definition) is 5. The molecule has 0 aromatic rings. The molecule has 0 radical (unpaired) electrons. The van der Waals surface area contributed by atoms with E-state index in [0.29, 0.717) is 13.1 Å². The molecule has 0 aliphatic heterocycles. The topological polar surface area (TPSA) is 150 Å². The molecule has 6 N–H and O–H groups in total. The van der Waals surface area contributed by atoms with E-state index in [-0.39, 0.29) is 31.4 Å². The van der Waals surface area contributed by atoms with Gasteiger partial charge in [0.2, 0.25) is 11.8 Å². The van der Waals surface area contributed by atoms with Crippen molar-refractivity contribution in [2.45, 2.75) is 232 Å². The van der Waals surface area contributed by atoms with Crippen molar-refractivity contribution < 1.29 is 19.1 Å². The van der Waals surface area contributed by atoms with Gasteiger partial charge >= 0.3 is 6.09 Å². The fraction of sp³-hybridized carbons (Fsp3) is 0.870. The lowest BCUT2D eigenvalue weighted by Crippen LogP contribution is -2.51. The molecule has 0 spiro atoms. The number of alkyl carbamates (subject to hydrolysis) is 1. The van der Waals surface area contributed by atoms with E-state index in [1.54, 1.807) is 20.8 Å². The number of ether oxygens (including phenoxy) is 1. The Hall–Kier alpha value is -2.78. The lowest BCUT2D eigenvalue weighted by atomic mass is 10.0. The summed E-state index contributed by atoms with van der Waals surface area (Å²) in [6.45, 7) is 11.3. The third-order valence-electron chi connectivity index (χ3n) is 10.2. The number of nitrogens with one attached hydrogen (secondary N) is 4. The zero-order valence-electron chi connectivity index (χ0n) is 37.2.